The van der Waals surface area contributed by atoms with Crippen LogP contribution in [0.25, 0.3) is 0 Å². The Morgan fingerprint density at radius 1 is 1.25 bits per heavy atom. The predicted molar refractivity (Wildman–Crippen MR) is 72.1 cm³/mol. The molecule has 0 spiro atoms. The van der Waals surface area contributed by atoms with Gasteiger partial charge in [-0.2, -0.15) is 0 Å². The van der Waals surface area contributed by atoms with Crippen molar-refractivity contribution in [1.82, 2.24) is 4.90 Å². The van der Waals surface area contributed by atoms with Gasteiger partial charge in [-0.1, -0.05) is 25.1 Å². The molecule has 5 heteroatoms. The second-order valence-electron chi connectivity index (χ2n) is 4.59. The molecule has 1 aromatic rings. The number of ether oxygens (including phenoxy) is 1. The summed E-state index contributed by atoms with van der Waals surface area (Å²) in [5, 5.41) is 0. The number of carbonyl (C=O) groups excluding carboxylic acids is 3. The topological polar surface area (TPSA) is 63.7 Å². The fourth-order valence-corrected chi connectivity index (χ4v) is 2.27. The fraction of sp³-hybridized carbons (Fsp3) is 0.267. The lowest BCUT2D eigenvalue weighted by Crippen LogP contribution is -2.48. The summed E-state index contributed by atoms with van der Waals surface area (Å²) in [4.78, 5) is 37.6. The Balaban J connectivity index is 2.47. The molecule has 0 bridgehead atoms. The van der Waals surface area contributed by atoms with Crippen LogP contribution < -0.4 is 0 Å². The highest BCUT2D eigenvalue weighted by Crippen LogP contribution is 2.27. The van der Waals surface area contributed by atoms with Gasteiger partial charge in [0.05, 0.1) is 18.2 Å². The highest BCUT2D eigenvalue weighted by molar-refractivity contribution is 6.22. The summed E-state index contributed by atoms with van der Waals surface area (Å²) in [6.07, 6.45) is 1.52. The van der Waals surface area contributed by atoms with E-state index in [0.29, 0.717) is 11.1 Å². The van der Waals surface area contributed by atoms with Crippen LogP contribution in [0.3, 0.4) is 0 Å². The third-order valence-electron chi connectivity index (χ3n) is 3.42. The number of imide groups is 1. The van der Waals surface area contributed by atoms with Crippen molar-refractivity contribution in [3.05, 3.63) is 48.0 Å². The normalized spacial score (nSPS) is 16.6. The number of amides is 2. The highest BCUT2D eigenvalue weighted by Gasteiger charge is 2.44. The second-order valence-corrected chi connectivity index (χ2v) is 4.59. The molecule has 0 N–H and O–H groups in total. The number of nitrogens with zero attached hydrogens (tertiary/aromatic N) is 1. The van der Waals surface area contributed by atoms with Gasteiger partial charge in [-0.25, -0.2) is 4.79 Å². The standard InChI is InChI=1S/C15H15NO4/c1-4-9(2)12(15(19)20-3)16-13(17)10-7-5-6-8-11(10)14(16)18/h4-9,12H,1H2,2-3H3/t9-,12+/m1/s1. The lowest BCUT2D eigenvalue weighted by Gasteiger charge is -2.27. The van der Waals surface area contributed by atoms with E-state index in [-0.39, 0.29) is 0 Å². The maximum Gasteiger partial charge on any atom is 0.329 e. The Bertz CT molecular complexity index is 558. The monoisotopic (exact) mass is 273 g/mol. The van der Waals surface area contributed by atoms with Crippen LogP contribution >= 0.6 is 0 Å². The van der Waals surface area contributed by atoms with Gasteiger partial charge in [-0.05, 0) is 12.1 Å². The summed E-state index contributed by atoms with van der Waals surface area (Å²) in [5.41, 5.74) is 0.616. The zero-order valence-electron chi connectivity index (χ0n) is 11.3. The van der Waals surface area contributed by atoms with Gasteiger partial charge in [0.2, 0.25) is 0 Å². The van der Waals surface area contributed by atoms with Crippen LogP contribution in [0.2, 0.25) is 0 Å². The van der Waals surface area contributed by atoms with Crippen LogP contribution in [-0.4, -0.2) is 35.8 Å². The van der Waals surface area contributed by atoms with E-state index in [1.807, 2.05) is 0 Å². The molecule has 2 atom stereocenters. The molecule has 0 saturated carbocycles. The lowest BCUT2D eigenvalue weighted by molar-refractivity contribution is -0.146. The summed E-state index contributed by atoms with van der Waals surface area (Å²) >= 11 is 0. The molecular formula is C15H15NO4. The summed E-state index contributed by atoms with van der Waals surface area (Å²) in [7, 11) is 1.23. The molecule has 104 valence electrons. The van der Waals surface area contributed by atoms with Crippen LogP contribution in [0, 0.1) is 5.92 Å². The molecule has 2 rings (SSSR count). The molecule has 0 radical (unpaired) electrons. The van der Waals surface area contributed by atoms with Crippen molar-refractivity contribution >= 4 is 17.8 Å². The van der Waals surface area contributed by atoms with E-state index < -0.39 is 29.7 Å². The number of hydrogen-bond acceptors (Lipinski definition) is 4. The molecule has 0 fully saturated rings. The molecule has 20 heavy (non-hydrogen) atoms. The first-order valence-corrected chi connectivity index (χ1v) is 6.20. The third-order valence-corrected chi connectivity index (χ3v) is 3.42. The van der Waals surface area contributed by atoms with E-state index in [2.05, 4.69) is 6.58 Å². The van der Waals surface area contributed by atoms with Gasteiger partial charge in [-0.15, -0.1) is 6.58 Å². The van der Waals surface area contributed by atoms with Crippen molar-refractivity contribution in [3.63, 3.8) is 0 Å². The molecule has 2 amide bonds. The number of rotatable bonds is 4. The van der Waals surface area contributed by atoms with Crippen molar-refractivity contribution in [2.45, 2.75) is 13.0 Å². The van der Waals surface area contributed by atoms with E-state index in [0.717, 1.165) is 4.90 Å². The number of fused-ring (bicyclic) bond motifs is 1. The minimum atomic E-state index is -0.995. The Labute approximate surface area is 116 Å². The molecule has 0 aliphatic carbocycles. The lowest BCUT2D eigenvalue weighted by atomic mass is 10.0. The molecule has 1 aliphatic rings. The van der Waals surface area contributed by atoms with E-state index in [9.17, 15) is 14.4 Å². The van der Waals surface area contributed by atoms with Crippen LogP contribution in [0.15, 0.2) is 36.9 Å². The van der Waals surface area contributed by atoms with Gasteiger partial charge < -0.3 is 4.74 Å². The molecule has 1 aliphatic heterocycles. The summed E-state index contributed by atoms with van der Waals surface area (Å²) in [6, 6.07) is 5.50. The predicted octanol–water partition coefficient (Wildman–Crippen LogP) is 1.65. The average molecular weight is 273 g/mol. The van der Waals surface area contributed by atoms with Gasteiger partial charge in [-0.3, -0.25) is 14.5 Å². The van der Waals surface area contributed by atoms with Crippen molar-refractivity contribution in [2.75, 3.05) is 7.11 Å². The maximum atomic E-state index is 12.4. The average Bonchev–Trinajstić information content (AvgIpc) is 2.72. The molecule has 5 nitrogen and oxygen atoms in total. The summed E-state index contributed by atoms with van der Waals surface area (Å²) in [5.74, 6) is -1.99. The highest BCUT2D eigenvalue weighted by atomic mass is 16.5. The van der Waals surface area contributed by atoms with Gasteiger partial charge in [0.1, 0.15) is 6.04 Å². The SMILES string of the molecule is C=C[C@@H](C)[C@@H](C(=O)OC)N1C(=O)c2ccccc2C1=O. The summed E-state index contributed by atoms with van der Waals surface area (Å²) in [6.45, 7) is 5.32. The minimum Gasteiger partial charge on any atom is -0.467 e. The third kappa shape index (κ3) is 2.01. The van der Waals surface area contributed by atoms with Gasteiger partial charge >= 0.3 is 5.97 Å². The summed E-state index contributed by atoms with van der Waals surface area (Å²) < 4.78 is 4.71. The molecule has 1 aromatic carbocycles. The van der Waals surface area contributed by atoms with Crippen LogP contribution in [-0.2, 0) is 9.53 Å². The molecular weight excluding hydrogens is 258 g/mol. The number of esters is 1. The Hall–Kier alpha value is -2.43. The first-order valence-electron chi connectivity index (χ1n) is 6.20. The van der Waals surface area contributed by atoms with Crippen LogP contribution in [0.1, 0.15) is 27.6 Å². The zero-order chi connectivity index (χ0) is 14.9. The Morgan fingerprint density at radius 3 is 2.15 bits per heavy atom. The molecule has 0 unspecified atom stereocenters. The number of carbonyl (C=O) groups is 3. The Morgan fingerprint density at radius 2 is 1.75 bits per heavy atom. The quantitative estimate of drug-likeness (QED) is 0.475. The van der Waals surface area contributed by atoms with Crippen LogP contribution in [0.5, 0.6) is 0 Å². The fourth-order valence-electron chi connectivity index (χ4n) is 2.27. The van der Waals surface area contributed by atoms with Gasteiger partial charge in [0.15, 0.2) is 0 Å². The van der Waals surface area contributed by atoms with Crippen LogP contribution in [0.4, 0.5) is 0 Å². The Kier molecular flexibility index (Phi) is 3.70. The number of benzene rings is 1. The molecule has 1 heterocycles. The van der Waals surface area contributed by atoms with Crippen molar-refractivity contribution in [1.29, 1.82) is 0 Å². The van der Waals surface area contributed by atoms with E-state index in [4.69, 9.17) is 4.74 Å². The molecule has 0 saturated heterocycles. The van der Waals surface area contributed by atoms with Crippen molar-refractivity contribution < 1.29 is 19.1 Å². The molecule has 0 aromatic heterocycles. The number of methoxy groups -OCH3 is 1. The van der Waals surface area contributed by atoms with Crippen molar-refractivity contribution in [3.8, 4) is 0 Å². The zero-order valence-corrected chi connectivity index (χ0v) is 11.3. The van der Waals surface area contributed by atoms with E-state index >= 15 is 0 Å². The van der Waals surface area contributed by atoms with Gasteiger partial charge in [0.25, 0.3) is 11.8 Å². The van der Waals surface area contributed by atoms with E-state index in [1.54, 1.807) is 31.2 Å². The second kappa shape index (κ2) is 5.28. The maximum absolute atomic E-state index is 12.4. The first kappa shape index (κ1) is 14.0. The minimum absolute atomic E-state index is 0.308. The number of hydrogen-bond donors (Lipinski definition) is 0. The van der Waals surface area contributed by atoms with Gasteiger partial charge in [0, 0.05) is 5.92 Å². The first-order chi connectivity index (χ1) is 9.52. The largest absolute Gasteiger partial charge is 0.467 e. The van der Waals surface area contributed by atoms with Crippen molar-refractivity contribution in [2.24, 2.45) is 5.92 Å². The van der Waals surface area contributed by atoms with E-state index in [1.165, 1.54) is 13.2 Å². The smallest absolute Gasteiger partial charge is 0.329 e.